The molecule has 1 atom stereocenters. The molecule has 4 rings (SSSR count). The molecule has 3 N–H and O–H groups in total. The van der Waals surface area contributed by atoms with Crippen LogP contribution in [0.4, 0.5) is 10.1 Å². The van der Waals surface area contributed by atoms with Gasteiger partial charge in [-0.15, -0.1) is 0 Å². The average molecular weight is 409 g/mol. The lowest BCUT2D eigenvalue weighted by Gasteiger charge is -2.30. The highest BCUT2D eigenvalue weighted by Crippen LogP contribution is 2.37. The summed E-state index contributed by atoms with van der Waals surface area (Å²) in [5.41, 5.74) is 6.66. The monoisotopic (exact) mass is 409 g/mol. The molecule has 0 saturated heterocycles. The molecule has 2 aromatic heterocycles. The first-order valence-electron chi connectivity index (χ1n) is 8.72. The van der Waals surface area contributed by atoms with Gasteiger partial charge in [0.05, 0.1) is 11.7 Å². The maximum absolute atomic E-state index is 14.5. The van der Waals surface area contributed by atoms with Gasteiger partial charge in [0.25, 0.3) is 5.91 Å². The number of carbonyl (C=O) groups excluding carboxylic acids is 1. The molecule has 0 aliphatic carbocycles. The van der Waals surface area contributed by atoms with E-state index in [1.807, 2.05) is 13.0 Å². The number of nitrogens with one attached hydrogen (secondary N) is 1. The highest BCUT2D eigenvalue weighted by molar-refractivity contribution is 8.13. The van der Waals surface area contributed by atoms with E-state index in [0.717, 1.165) is 5.75 Å². The predicted molar refractivity (Wildman–Crippen MR) is 108 cm³/mol. The molecule has 10 heteroatoms. The van der Waals surface area contributed by atoms with Crippen molar-refractivity contribution in [1.29, 1.82) is 5.26 Å². The van der Waals surface area contributed by atoms with Crippen LogP contribution in [0.2, 0.25) is 0 Å². The van der Waals surface area contributed by atoms with Gasteiger partial charge < -0.3 is 15.5 Å². The van der Waals surface area contributed by atoms with Gasteiger partial charge in [-0.2, -0.15) is 5.26 Å². The maximum atomic E-state index is 14.5. The van der Waals surface area contributed by atoms with Crippen molar-refractivity contribution >= 4 is 34.2 Å². The fourth-order valence-corrected chi connectivity index (χ4v) is 4.14. The van der Waals surface area contributed by atoms with Crippen LogP contribution in [0.15, 0.2) is 41.8 Å². The Morgan fingerprint density at radius 2 is 2.28 bits per heavy atom. The third kappa shape index (κ3) is 3.64. The van der Waals surface area contributed by atoms with Crippen molar-refractivity contribution in [1.82, 2.24) is 14.4 Å². The Hall–Kier alpha value is -3.45. The summed E-state index contributed by atoms with van der Waals surface area (Å²) in [5.74, 6) is -0.138. The van der Waals surface area contributed by atoms with Gasteiger partial charge in [0.15, 0.2) is 16.5 Å². The zero-order valence-electron chi connectivity index (χ0n) is 15.4. The number of aromatic nitrogens is 3. The topological polar surface area (TPSA) is 121 Å². The van der Waals surface area contributed by atoms with E-state index in [4.69, 9.17) is 11.0 Å². The summed E-state index contributed by atoms with van der Waals surface area (Å²) < 4.78 is 16.1. The lowest BCUT2D eigenvalue weighted by molar-refractivity contribution is 0.102. The lowest BCUT2D eigenvalue weighted by atomic mass is 9.89. The first kappa shape index (κ1) is 18.9. The van der Waals surface area contributed by atoms with Crippen molar-refractivity contribution in [2.24, 2.45) is 10.7 Å². The number of aliphatic imine (C=N–C) groups is 1. The number of imidazole rings is 1. The van der Waals surface area contributed by atoms with Gasteiger partial charge in [0, 0.05) is 29.4 Å². The standard InChI is InChI=1S/C19H16FN7OS/c1-19(4-5-29-18(22)26-19)13-6-11(2-3-14(13)20)25-17(28)15-10-27-9-12(7-21)24-16(27)8-23-15/h2-3,6,8-10H,4-5H2,1H3,(H2,22,26)(H,25,28)/t19-/m0/s1. The SMILES string of the molecule is C[C@@]1(c2cc(NC(=O)c3cn4cc(C#N)nc4cn3)ccc2F)CCSC(N)=N1. The molecule has 0 spiro atoms. The normalized spacial score (nSPS) is 18.9. The van der Waals surface area contributed by atoms with E-state index < -0.39 is 17.3 Å². The zero-order valence-corrected chi connectivity index (χ0v) is 16.2. The van der Waals surface area contributed by atoms with Crippen LogP contribution in [-0.4, -0.2) is 31.2 Å². The minimum atomic E-state index is -0.790. The van der Waals surface area contributed by atoms with Gasteiger partial charge in [0.2, 0.25) is 0 Å². The molecular weight excluding hydrogens is 393 g/mol. The minimum Gasteiger partial charge on any atom is -0.379 e. The van der Waals surface area contributed by atoms with Crippen molar-refractivity contribution in [3.05, 3.63) is 59.6 Å². The van der Waals surface area contributed by atoms with Crippen molar-refractivity contribution in [2.75, 3.05) is 11.1 Å². The Labute approximate surface area is 169 Å². The molecule has 146 valence electrons. The summed E-state index contributed by atoms with van der Waals surface area (Å²) in [6.07, 6.45) is 5.03. The first-order valence-corrected chi connectivity index (χ1v) is 9.71. The Morgan fingerprint density at radius 3 is 3.03 bits per heavy atom. The molecule has 29 heavy (non-hydrogen) atoms. The van der Waals surface area contributed by atoms with Crippen LogP contribution in [0.25, 0.3) is 5.65 Å². The van der Waals surface area contributed by atoms with Crippen molar-refractivity contribution in [2.45, 2.75) is 18.9 Å². The zero-order chi connectivity index (χ0) is 20.6. The number of halogens is 1. The summed E-state index contributed by atoms with van der Waals surface area (Å²) >= 11 is 1.44. The molecule has 0 unspecified atom stereocenters. The van der Waals surface area contributed by atoms with E-state index in [1.165, 1.54) is 42.5 Å². The maximum Gasteiger partial charge on any atom is 0.275 e. The molecule has 3 heterocycles. The summed E-state index contributed by atoms with van der Waals surface area (Å²) in [7, 11) is 0. The van der Waals surface area contributed by atoms with E-state index in [0.29, 0.717) is 28.5 Å². The van der Waals surface area contributed by atoms with Crippen LogP contribution in [0.5, 0.6) is 0 Å². The molecule has 1 aliphatic heterocycles. The smallest absolute Gasteiger partial charge is 0.275 e. The summed E-state index contributed by atoms with van der Waals surface area (Å²) in [6.45, 7) is 1.82. The average Bonchev–Trinajstić information content (AvgIpc) is 3.11. The molecule has 3 aromatic rings. The highest BCUT2D eigenvalue weighted by Gasteiger charge is 2.32. The number of anilines is 1. The Balaban J connectivity index is 1.62. The third-order valence-electron chi connectivity index (χ3n) is 4.69. The number of amidine groups is 1. The van der Waals surface area contributed by atoms with Crippen LogP contribution >= 0.6 is 11.8 Å². The molecule has 0 bridgehead atoms. The van der Waals surface area contributed by atoms with Crippen LogP contribution in [-0.2, 0) is 5.54 Å². The first-order chi connectivity index (χ1) is 13.9. The van der Waals surface area contributed by atoms with Crippen LogP contribution in [0.1, 0.15) is 35.1 Å². The Bertz CT molecular complexity index is 1200. The van der Waals surface area contributed by atoms with E-state index in [9.17, 15) is 9.18 Å². The molecule has 0 radical (unpaired) electrons. The number of benzene rings is 1. The quantitative estimate of drug-likeness (QED) is 0.686. The summed E-state index contributed by atoms with van der Waals surface area (Å²) in [6, 6.07) is 6.29. The predicted octanol–water partition coefficient (Wildman–Crippen LogP) is 2.66. The fraction of sp³-hybridized carbons (Fsp3) is 0.211. The molecule has 1 amide bonds. The van der Waals surface area contributed by atoms with Gasteiger partial charge >= 0.3 is 0 Å². The van der Waals surface area contributed by atoms with Gasteiger partial charge in [-0.05, 0) is 31.5 Å². The number of hydrogen-bond donors (Lipinski definition) is 2. The molecule has 0 saturated carbocycles. The number of thioether (sulfide) groups is 1. The molecular formula is C19H16FN7OS. The van der Waals surface area contributed by atoms with Crippen LogP contribution in [0.3, 0.4) is 0 Å². The lowest BCUT2D eigenvalue weighted by Crippen LogP contribution is -2.29. The number of nitrogens with two attached hydrogens (primary N) is 1. The van der Waals surface area contributed by atoms with Crippen molar-refractivity contribution in [3.63, 3.8) is 0 Å². The number of nitrogens with zero attached hydrogens (tertiary/aromatic N) is 5. The van der Waals surface area contributed by atoms with E-state index in [-0.39, 0.29) is 11.4 Å². The fourth-order valence-electron chi connectivity index (χ4n) is 3.16. The number of carbonyl (C=O) groups is 1. The largest absolute Gasteiger partial charge is 0.379 e. The second-order valence-corrected chi connectivity index (χ2v) is 7.86. The number of fused-ring (bicyclic) bond motifs is 1. The Kier molecular flexibility index (Phi) is 4.68. The van der Waals surface area contributed by atoms with Gasteiger partial charge in [-0.1, -0.05) is 11.8 Å². The van der Waals surface area contributed by atoms with Crippen LogP contribution < -0.4 is 11.1 Å². The highest BCUT2D eigenvalue weighted by atomic mass is 32.2. The van der Waals surface area contributed by atoms with E-state index in [1.54, 1.807) is 10.5 Å². The molecule has 1 aromatic carbocycles. The Morgan fingerprint density at radius 1 is 1.45 bits per heavy atom. The summed E-state index contributed by atoms with van der Waals surface area (Å²) in [4.78, 5) is 25.2. The molecule has 0 fully saturated rings. The van der Waals surface area contributed by atoms with Gasteiger partial charge in [-0.3, -0.25) is 9.79 Å². The molecule has 8 nitrogen and oxygen atoms in total. The third-order valence-corrected chi connectivity index (χ3v) is 5.48. The second-order valence-electron chi connectivity index (χ2n) is 6.75. The van der Waals surface area contributed by atoms with Gasteiger partial charge in [0.1, 0.15) is 17.6 Å². The van der Waals surface area contributed by atoms with Crippen molar-refractivity contribution in [3.8, 4) is 6.07 Å². The number of rotatable bonds is 3. The van der Waals surface area contributed by atoms with E-state index >= 15 is 0 Å². The minimum absolute atomic E-state index is 0.132. The van der Waals surface area contributed by atoms with Gasteiger partial charge in [-0.25, -0.2) is 14.4 Å². The van der Waals surface area contributed by atoms with Crippen LogP contribution in [0, 0.1) is 17.1 Å². The van der Waals surface area contributed by atoms with E-state index in [2.05, 4.69) is 20.3 Å². The number of hydrogen-bond acceptors (Lipinski definition) is 7. The van der Waals surface area contributed by atoms with Crippen molar-refractivity contribution < 1.29 is 9.18 Å². The second kappa shape index (κ2) is 7.18. The molecule has 1 aliphatic rings. The number of amides is 1. The summed E-state index contributed by atoms with van der Waals surface area (Å²) in [5, 5.41) is 12.1. The number of nitriles is 1.